The number of carboxylic acid groups (broad SMARTS) is 1. The lowest BCUT2D eigenvalue weighted by Gasteiger charge is -2.35. The first-order chi connectivity index (χ1) is 16.5. The predicted molar refractivity (Wildman–Crippen MR) is 126 cm³/mol. The quantitative estimate of drug-likeness (QED) is 0.533. The number of benzene rings is 1. The lowest BCUT2D eigenvalue weighted by atomic mass is 9.81. The molecule has 3 heterocycles. The van der Waals surface area contributed by atoms with Crippen LogP contribution >= 0.6 is 0 Å². The highest BCUT2D eigenvalue weighted by Gasteiger charge is 2.34. The average molecular weight is 463 g/mol. The van der Waals surface area contributed by atoms with Crippen LogP contribution in [0.25, 0.3) is 10.9 Å². The summed E-state index contributed by atoms with van der Waals surface area (Å²) in [5, 5.41) is 10.5. The minimum absolute atomic E-state index is 0.0833. The third-order valence-electron chi connectivity index (χ3n) is 6.34. The molecule has 1 aliphatic rings. The van der Waals surface area contributed by atoms with Gasteiger partial charge in [-0.1, -0.05) is 5.92 Å². The van der Waals surface area contributed by atoms with E-state index in [1.807, 2.05) is 11.0 Å². The molecule has 0 unspecified atom stereocenters. The van der Waals surface area contributed by atoms with Crippen LogP contribution in [0.4, 0.5) is 4.39 Å². The van der Waals surface area contributed by atoms with Crippen LogP contribution in [0.3, 0.4) is 0 Å². The van der Waals surface area contributed by atoms with Crippen LogP contribution in [0.2, 0.25) is 0 Å². The molecule has 0 saturated carbocycles. The Hall–Kier alpha value is -3.57. The second-order valence-corrected chi connectivity index (χ2v) is 8.43. The van der Waals surface area contributed by atoms with Crippen LogP contribution in [0.15, 0.2) is 48.9 Å². The van der Waals surface area contributed by atoms with Crippen molar-refractivity contribution in [3.05, 3.63) is 60.3 Å². The SMILES string of the molecule is COc1ccc2nccc([C@@H](F)CC[C@@H]3CCN(CC#Cc4ncccn4)C[C@@H]3C(=O)O)c2c1. The maximum absolute atomic E-state index is 15.3. The van der Waals surface area contributed by atoms with Crippen molar-refractivity contribution in [3.8, 4) is 17.6 Å². The first-order valence-electron chi connectivity index (χ1n) is 11.3. The summed E-state index contributed by atoms with van der Waals surface area (Å²) in [6, 6.07) is 8.83. The summed E-state index contributed by atoms with van der Waals surface area (Å²) in [6.45, 7) is 1.58. The predicted octanol–water partition coefficient (Wildman–Crippen LogP) is 3.90. The zero-order valence-corrected chi connectivity index (χ0v) is 19.0. The fourth-order valence-corrected chi connectivity index (χ4v) is 4.49. The van der Waals surface area contributed by atoms with Gasteiger partial charge in [-0.15, -0.1) is 0 Å². The molecule has 0 aliphatic carbocycles. The molecule has 1 fully saturated rings. The summed E-state index contributed by atoms with van der Waals surface area (Å²) in [7, 11) is 1.57. The van der Waals surface area contributed by atoms with Crippen LogP contribution in [0, 0.1) is 23.7 Å². The van der Waals surface area contributed by atoms with Crippen molar-refractivity contribution >= 4 is 16.9 Å². The number of pyridine rings is 1. The van der Waals surface area contributed by atoms with Gasteiger partial charge in [0.25, 0.3) is 0 Å². The smallest absolute Gasteiger partial charge is 0.308 e. The molecule has 0 amide bonds. The van der Waals surface area contributed by atoms with Crippen LogP contribution in [0.1, 0.15) is 36.8 Å². The highest BCUT2D eigenvalue weighted by Crippen LogP contribution is 2.35. The van der Waals surface area contributed by atoms with Gasteiger partial charge in [-0.05, 0) is 73.5 Å². The molecule has 3 aromatic rings. The molecule has 2 aromatic heterocycles. The summed E-state index contributed by atoms with van der Waals surface area (Å²) in [5.41, 5.74) is 1.27. The highest BCUT2D eigenvalue weighted by molar-refractivity contribution is 5.83. The Bertz CT molecular complexity index is 1190. The van der Waals surface area contributed by atoms with Gasteiger partial charge < -0.3 is 9.84 Å². The molecule has 176 valence electrons. The Morgan fingerprint density at radius 3 is 2.85 bits per heavy atom. The number of hydrogen-bond donors (Lipinski definition) is 1. The molecule has 4 rings (SSSR count). The largest absolute Gasteiger partial charge is 0.497 e. The Labute approximate surface area is 198 Å². The van der Waals surface area contributed by atoms with E-state index in [1.165, 1.54) is 0 Å². The number of carbonyl (C=O) groups is 1. The lowest BCUT2D eigenvalue weighted by Crippen LogP contribution is -2.44. The minimum Gasteiger partial charge on any atom is -0.497 e. The van der Waals surface area contributed by atoms with E-state index in [2.05, 4.69) is 26.8 Å². The number of nitrogens with zero attached hydrogens (tertiary/aromatic N) is 4. The van der Waals surface area contributed by atoms with Gasteiger partial charge in [-0.2, -0.15) is 0 Å². The number of alkyl halides is 1. The maximum Gasteiger partial charge on any atom is 0.308 e. The normalized spacial score (nSPS) is 19.2. The summed E-state index contributed by atoms with van der Waals surface area (Å²) in [4.78, 5) is 26.4. The van der Waals surface area contributed by atoms with E-state index in [0.29, 0.717) is 48.6 Å². The zero-order valence-electron chi connectivity index (χ0n) is 19.0. The molecule has 7 nitrogen and oxygen atoms in total. The van der Waals surface area contributed by atoms with Gasteiger partial charge in [0.1, 0.15) is 11.9 Å². The summed E-state index contributed by atoms with van der Waals surface area (Å²) in [6.07, 6.45) is 5.12. The summed E-state index contributed by atoms with van der Waals surface area (Å²) < 4.78 is 20.6. The Morgan fingerprint density at radius 2 is 2.09 bits per heavy atom. The number of fused-ring (bicyclic) bond motifs is 1. The molecule has 0 radical (unpaired) electrons. The van der Waals surface area contributed by atoms with Crippen LogP contribution in [-0.4, -0.2) is 57.7 Å². The van der Waals surface area contributed by atoms with E-state index in [-0.39, 0.29) is 12.3 Å². The third kappa shape index (κ3) is 5.67. The van der Waals surface area contributed by atoms with Crippen LogP contribution in [-0.2, 0) is 4.79 Å². The van der Waals surface area contributed by atoms with Gasteiger partial charge in [0, 0.05) is 30.5 Å². The number of aromatic nitrogens is 3. The standard InChI is InChI=1S/C26H27FN4O3/c1-34-19-6-8-24-21(16-19)20(9-13-28-24)23(27)7-5-18-10-15-31(17-22(18)26(32)33)14-2-4-25-29-11-3-12-30-25/h3,6,8-9,11-13,16,18,22-23H,5,7,10,14-15,17H2,1H3,(H,32,33)/t18-,22+,23+/m1/s1. The summed E-state index contributed by atoms with van der Waals surface area (Å²) >= 11 is 0. The van der Waals surface area contributed by atoms with E-state index in [1.54, 1.807) is 50.0 Å². The Morgan fingerprint density at radius 1 is 1.26 bits per heavy atom. The molecule has 0 spiro atoms. The zero-order chi connectivity index (χ0) is 23.9. The first-order valence-corrected chi connectivity index (χ1v) is 11.3. The lowest BCUT2D eigenvalue weighted by molar-refractivity contribution is -0.146. The molecule has 8 heteroatoms. The molecule has 1 aromatic carbocycles. The van der Waals surface area contributed by atoms with Crippen LogP contribution < -0.4 is 4.74 Å². The number of hydrogen-bond acceptors (Lipinski definition) is 6. The van der Waals surface area contributed by atoms with Gasteiger partial charge >= 0.3 is 5.97 Å². The number of methoxy groups -OCH3 is 1. The number of rotatable bonds is 7. The van der Waals surface area contributed by atoms with Gasteiger partial charge in [0.2, 0.25) is 5.82 Å². The van der Waals surface area contributed by atoms with Crippen molar-refractivity contribution in [2.75, 3.05) is 26.7 Å². The van der Waals surface area contributed by atoms with Gasteiger partial charge in [0.15, 0.2) is 0 Å². The fraction of sp³-hybridized carbons (Fsp3) is 0.385. The van der Waals surface area contributed by atoms with Crippen molar-refractivity contribution in [3.63, 3.8) is 0 Å². The van der Waals surface area contributed by atoms with E-state index >= 15 is 4.39 Å². The minimum atomic E-state index is -1.21. The number of likely N-dealkylation sites (tertiary alicyclic amines) is 1. The van der Waals surface area contributed by atoms with Gasteiger partial charge in [-0.25, -0.2) is 14.4 Å². The molecule has 1 aliphatic heterocycles. The van der Waals surface area contributed by atoms with Crippen molar-refractivity contribution in [1.29, 1.82) is 0 Å². The van der Waals surface area contributed by atoms with E-state index in [0.717, 1.165) is 11.9 Å². The first kappa shape index (κ1) is 23.6. The second kappa shape index (κ2) is 11.0. The van der Waals surface area contributed by atoms with Gasteiger partial charge in [-0.3, -0.25) is 14.7 Å². The van der Waals surface area contributed by atoms with E-state index < -0.39 is 18.1 Å². The third-order valence-corrected chi connectivity index (χ3v) is 6.34. The van der Waals surface area contributed by atoms with Crippen LogP contribution in [0.5, 0.6) is 5.75 Å². The monoisotopic (exact) mass is 462 g/mol. The number of carboxylic acids is 1. The van der Waals surface area contributed by atoms with Gasteiger partial charge in [0.05, 0.1) is 25.1 Å². The number of aliphatic carboxylic acids is 1. The van der Waals surface area contributed by atoms with Crippen molar-refractivity contribution < 1.29 is 19.0 Å². The van der Waals surface area contributed by atoms with Crippen molar-refractivity contribution in [2.45, 2.75) is 25.4 Å². The van der Waals surface area contributed by atoms with E-state index in [4.69, 9.17) is 4.74 Å². The molecule has 1 N–H and O–H groups in total. The number of halogens is 1. The topological polar surface area (TPSA) is 88.4 Å². The highest BCUT2D eigenvalue weighted by atomic mass is 19.1. The Balaban J connectivity index is 1.38. The molecular formula is C26H27FN4O3. The number of piperidine rings is 1. The molecular weight excluding hydrogens is 435 g/mol. The summed E-state index contributed by atoms with van der Waals surface area (Å²) in [5.74, 6) is 5.54. The second-order valence-electron chi connectivity index (χ2n) is 8.43. The molecule has 0 bridgehead atoms. The van der Waals surface area contributed by atoms with Crippen molar-refractivity contribution in [1.82, 2.24) is 19.9 Å². The number of ether oxygens (including phenoxy) is 1. The fourth-order valence-electron chi connectivity index (χ4n) is 4.49. The van der Waals surface area contributed by atoms with E-state index in [9.17, 15) is 9.90 Å². The van der Waals surface area contributed by atoms with Crippen molar-refractivity contribution in [2.24, 2.45) is 11.8 Å². The molecule has 34 heavy (non-hydrogen) atoms. The Kier molecular flexibility index (Phi) is 7.65. The molecule has 3 atom stereocenters. The molecule has 1 saturated heterocycles. The maximum atomic E-state index is 15.3. The average Bonchev–Trinajstić information content (AvgIpc) is 2.87.